The fourth-order valence-corrected chi connectivity index (χ4v) is 1.04. The predicted octanol–water partition coefficient (Wildman–Crippen LogP) is 0.310. The summed E-state index contributed by atoms with van der Waals surface area (Å²) in [6, 6.07) is 0. The van der Waals surface area contributed by atoms with Gasteiger partial charge in [0.05, 0.1) is 6.61 Å². The van der Waals surface area contributed by atoms with E-state index in [4.69, 9.17) is 14.6 Å². The van der Waals surface area contributed by atoms with Gasteiger partial charge in [-0.2, -0.15) is 0 Å². The highest BCUT2D eigenvalue weighted by Crippen LogP contribution is 1.97. The third kappa shape index (κ3) is 6.95. The van der Waals surface area contributed by atoms with Gasteiger partial charge in [0.15, 0.2) is 6.29 Å². The molecule has 80 valence electrons. The van der Waals surface area contributed by atoms with E-state index in [9.17, 15) is 0 Å². The Labute approximate surface area is 80.4 Å². The van der Waals surface area contributed by atoms with Crippen LogP contribution in [0.15, 0.2) is 0 Å². The van der Waals surface area contributed by atoms with Crippen LogP contribution in [0.25, 0.3) is 0 Å². The highest BCUT2D eigenvalue weighted by Gasteiger charge is 2.10. The van der Waals surface area contributed by atoms with E-state index in [2.05, 4.69) is 0 Å². The SMILES string of the molecule is CCOC(CN(C)CCO)OCC. The summed E-state index contributed by atoms with van der Waals surface area (Å²) in [5.41, 5.74) is 0. The zero-order valence-corrected chi connectivity index (χ0v) is 8.82. The summed E-state index contributed by atoms with van der Waals surface area (Å²) < 4.78 is 10.7. The number of aliphatic hydroxyl groups is 1. The van der Waals surface area contributed by atoms with Gasteiger partial charge in [-0.1, -0.05) is 0 Å². The fourth-order valence-electron chi connectivity index (χ4n) is 1.04. The summed E-state index contributed by atoms with van der Waals surface area (Å²) in [7, 11) is 1.93. The summed E-state index contributed by atoms with van der Waals surface area (Å²) in [5.74, 6) is 0. The van der Waals surface area contributed by atoms with Gasteiger partial charge < -0.3 is 14.6 Å². The fraction of sp³-hybridized carbons (Fsp3) is 1.00. The van der Waals surface area contributed by atoms with E-state index in [0.717, 1.165) is 0 Å². The second kappa shape index (κ2) is 8.44. The summed E-state index contributed by atoms with van der Waals surface area (Å²) in [6.45, 7) is 6.70. The first kappa shape index (κ1) is 12.8. The van der Waals surface area contributed by atoms with E-state index < -0.39 is 0 Å². The molecule has 0 heterocycles. The molecule has 0 unspecified atom stereocenters. The molecule has 0 radical (unpaired) electrons. The lowest BCUT2D eigenvalue weighted by Gasteiger charge is -2.22. The van der Waals surface area contributed by atoms with Crippen molar-refractivity contribution < 1.29 is 14.6 Å². The van der Waals surface area contributed by atoms with E-state index >= 15 is 0 Å². The van der Waals surface area contributed by atoms with Crippen molar-refractivity contribution >= 4 is 0 Å². The minimum absolute atomic E-state index is 0.168. The van der Waals surface area contributed by atoms with Crippen LogP contribution < -0.4 is 0 Å². The van der Waals surface area contributed by atoms with Crippen molar-refractivity contribution in [3.05, 3.63) is 0 Å². The van der Waals surface area contributed by atoms with Crippen molar-refractivity contribution in [1.29, 1.82) is 0 Å². The minimum atomic E-state index is -0.174. The smallest absolute Gasteiger partial charge is 0.170 e. The molecule has 0 aliphatic heterocycles. The summed E-state index contributed by atoms with van der Waals surface area (Å²) in [6.07, 6.45) is -0.174. The molecule has 0 amide bonds. The van der Waals surface area contributed by atoms with Crippen LogP contribution in [0.1, 0.15) is 13.8 Å². The molecule has 1 N–H and O–H groups in total. The lowest BCUT2D eigenvalue weighted by atomic mass is 10.5. The Hall–Kier alpha value is -0.160. The van der Waals surface area contributed by atoms with E-state index in [-0.39, 0.29) is 12.9 Å². The van der Waals surface area contributed by atoms with Gasteiger partial charge in [0.25, 0.3) is 0 Å². The topological polar surface area (TPSA) is 41.9 Å². The largest absolute Gasteiger partial charge is 0.395 e. The average molecular weight is 191 g/mol. The van der Waals surface area contributed by atoms with Crippen LogP contribution in [0, 0.1) is 0 Å². The summed E-state index contributed by atoms with van der Waals surface area (Å²) in [4.78, 5) is 1.98. The molecule has 0 aliphatic rings. The Morgan fingerprint density at radius 2 is 1.77 bits per heavy atom. The highest BCUT2D eigenvalue weighted by atomic mass is 16.7. The number of hydrogen-bond donors (Lipinski definition) is 1. The number of nitrogens with zero attached hydrogens (tertiary/aromatic N) is 1. The molecular formula is C9H21NO3. The monoisotopic (exact) mass is 191 g/mol. The van der Waals surface area contributed by atoms with Crippen LogP contribution in [0.5, 0.6) is 0 Å². The molecule has 0 fully saturated rings. The molecule has 0 spiro atoms. The lowest BCUT2D eigenvalue weighted by molar-refractivity contribution is -0.145. The van der Waals surface area contributed by atoms with Crippen LogP contribution >= 0.6 is 0 Å². The molecule has 0 rings (SSSR count). The molecule has 0 aliphatic carbocycles. The van der Waals surface area contributed by atoms with Crippen LogP contribution in [0.3, 0.4) is 0 Å². The van der Waals surface area contributed by atoms with E-state index in [1.165, 1.54) is 0 Å². The molecule has 0 atom stereocenters. The first-order chi connectivity index (χ1) is 6.24. The van der Waals surface area contributed by atoms with Crippen molar-refractivity contribution in [2.75, 3.05) is 40.0 Å². The third-order valence-corrected chi connectivity index (χ3v) is 1.65. The second-order valence-corrected chi connectivity index (χ2v) is 2.83. The Morgan fingerprint density at radius 1 is 1.23 bits per heavy atom. The normalized spacial score (nSPS) is 11.5. The van der Waals surface area contributed by atoms with Crippen LogP contribution in [0.2, 0.25) is 0 Å². The van der Waals surface area contributed by atoms with Crippen molar-refractivity contribution in [3.63, 3.8) is 0 Å². The second-order valence-electron chi connectivity index (χ2n) is 2.83. The number of hydrogen-bond acceptors (Lipinski definition) is 4. The molecule has 0 aromatic heterocycles. The number of ether oxygens (including phenoxy) is 2. The predicted molar refractivity (Wildman–Crippen MR) is 51.6 cm³/mol. The van der Waals surface area contributed by atoms with Crippen molar-refractivity contribution in [2.24, 2.45) is 0 Å². The average Bonchev–Trinajstić information content (AvgIpc) is 2.05. The molecule has 4 heteroatoms. The number of aliphatic hydroxyl groups excluding tert-OH is 1. The molecule has 0 saturated carbocycles. The third-order valence-electron chi connectivity index (χ3n) is 1.65. The Bertz CT molecular complexity index is 105. The van der Waals surface area contributed by atoms with E-state index in [0.29, 0.717) is 26.3 Å². The van der Waals surface area contributed by atoms with Gasteiger partial charge in [0.1, 0.15) is 0 Å². The van der Waals surface area contributed by atoms with Gasteiger partial charge in [-0.05, 0) is 20.9 Å². The van der Waals surface area contributed by atoms with Gasteiger partial charge >= 0.3 is 0 Å². The standard InChI is InChI=1S/C9H21NO3/c1-4-12-9(13-5-2)8-10(3)6-7-11/h9,11H,4-8H2,1-3H3. The quantitative estimate of drug-likeness (QED) is 0.561. The zero-order valence-electron chi connectivity index (χ0n) is 8.82. The first-order valence-corrected chi connectivity index (χ1v) is 4.77. The Balaban J connectivity index is 3.64. The van der Waals surface area contributed by atoms with Crippen LogP contribution in [-0.4, -0.2) is 56.3 Å². The van der Waals surface area contributed by atoms with Crippen LogP contribution in [0.4, 0.5) is 0 Å². The highest BCUT2D eigenvalue weighted by molar-refractivity contribution is 4.53. The summed E-state index contributed by atoms with van der Waals surface area (Å²) >= 11 is 0. The van der Waals surface area contributed by atoms with Gasteiger partial charge in [0.2, 0.25) is 0 Å². The molecule has 0 aromatic carbocycles. The van der Waals surface area contributed by atoms with Crippen molar-refractivity contribution in [3.8, 4) is 0 Å². The molecule has 4 nitrogen and oxygen atoms in total. The van der Waals surface area contributed by atoms with Crippen molar-refractivity contribution in [1.82, 2.24) is 4.90 Å². The van der Waals surface area contributed by atoms with Gasteiger partial charge in [0, 0.05) is 26.3 Å². The molecular weight excluding hydrogens is 170 g/mol. The van der Waals surface area contributed by atoms with E-state index in [1.807, 2.05) is 25.8 Å². The van der Waals surface area contributed by atoms with Gasteiger partial charge in [-0.3, -0.25) is 4.90 Å². The molecule has 0 saturated heterocycles. The molecule has 0 bridgehead atoms. The first-order valence-electron chi connectivity index (χ1n) is 4.77. The Morgan fingerprint density at radius 3 is 2.15 bits per heavy atom. The minimum Gasteiger partial charge on any atom is -0.395 e. The molecule has 0 aromatic rings. The maximum absolute atomic E-state index is 8.69. The Kier molecular flexibility index (Phi) is 8.33. The van der Waals surface area contributed by atoms with Gasteiger partial charge in [-0.25, -0.2) is 0 Å². The molecule has 13 heavy (non-hydrogen) atoms. The van der Waals surface area contributed by atoms with Gasteiger partial charge in [-0.15, -0.1) is 0 Å². The number of likely N-dealkylation sites (N-methyl/N-ethyl adjacent to an activating group) is 1. The van der Waals surface area contributed by atoms with E-state index in [1.54, 1.807) is 0 Å². The number of rotatable bonds is 8. The summed E-state index contributed by atoms with van der Waals surface area (Å²) in [5, 5.41) is 8.69. The van der Waals surface area contributed by atoms with Crippen LogP contribution in [-0.2, 0) is 9.47 Å². The maximum atomic E-state index is 8.69. The maximum Gasteiger partial charge on any atom is 0.170 e. The zero-order chi connectivity index (χ0) is 10.1. The van der Waals surface area contributed by atoms with Crippen molar-refractivity contribution in [2.45, 2.75) is 20.1 Å². The lowest BCUT2D eigenvalue weighted by Crippen LogP contribution is -2.34.